The van der Waals surface area contributed by atoms with E-state index in [-0.39, 0.29) is 53.8 Å². The van der Waals surface area contributed by atoms with Gasteiger partial charge in [-0.2, -0.15) is 0 Å². The number of rotatable bonds is 25. The number of piperidine rings is 1. The Morgan fingerprint density at radius 1 is 0.803 bits per heavy atom. The molecule has 378 valence electrons. The fraction of sp³-hybridized carbons (Fsp3) is 0.469. The Labute approximate surface area is 420 Å². The topological polar surface area (TPSA) is 244 Å². The molecule has 2 fully saturated rings. The molecule has 0 bridgehead atoms. The van der Waals surface area contributed by atoms with Gasteiger partial charge in [-0.1, -0.05) is 54.0 Å². The summed E-state index contributed by atoms with van der Waals surface area (Å²) < 4.78 is 17.0. The molecule has 7 rings (SSSR count). The van der Waals surface area contributed by atoms with Gasteiger partial charge in [0.1, 0.15) is 28.4 Å². The van der Waals surface area contributed by atoms with E-state index in [1.54, 1.807) is 18.2 Å². The number of aromatic nitrogens is 3. The summed E-state index contributed by atoms with van der Waals surface area (Å²) in [7, 11) is 0. The number of ether oxygens (including phenoxy) is 3. The van der Waals surface area contributed by atoms with Crippen LogP contribution in [-0.2, 0) is 33.4 Å². The van der Waals surface area contributed by atoms with E-state index in [1.165, 1.54) is 23.6 Å². The van der Waals surface area contributed by atoms with Crippen molar-refractivity contribution in [1.82, 2.24) is 30.1 Å². The average molecular weight is 1020 g/mol. The minimum atomic E-state index is -1.08. The first-order valence-corrected chi connectivity index (χ1v) is 25.1. The van der Waals surface area contributed by atoms with Gasteiger partial charge in [0, 0.05) is 64.7 Å². The van der Waals surface area contributed by atoms with Gasteiger partial charge in [0.2, 0.25) is 23.6 Å². The quantitative estimate of drug-likeness (QED) is 0.0436. The Bertz CT molecular complexity index is 2570. The molecular formula is C49H59ClN10O10S. The third-order valence-electron chi connectivity index (χ3n) is 12.1. The molecule has 0 aliphatic carbocycles. The highest BCUT2D eigenvalue weighted by molar-refractivity contribution is 7.17. The van der Waals surface area contributed by atoms with Crippen molar-refractivity contribution in [3.05, 3.63) is 81.1 Å². The zero-order valence-electron chi connectivity index (χ0n) is 39.9. The zero-order chi connectivity index (χ0) is 50.3. The molecule has 0 saturated carbocycles. The highest BCUT2D eigenvalue weighted by atomic mass is 35.5. The van der Waals surface area contributed by atoms with E-state index >= 15 is 0 Å². The number of para-hydroxylation sites is 1. The Hall–Kier alpha value is -6.39. The first-order chi connectivity index (χ1) is 34.4. The minimum Gasteiger partial charge on any atom is -0.379 e. The van der Waals surface area contributed by atoms with Crippen molar-refractivity contribution in [2.45, 2.75) is 84.1 Å². The SMILES string of the molecule is Cc1nc(Nc2ncc(C(=O)Nc3c(C)cccc3Cl)s2)cc(N2CCN(C(=O)CCCCCOCCOCCOCCCCCC(=O)Nc3cccc4c3C(=O)N(C3CCC(=O)NC3=O)C4=O)CC2)n1. The summed E-state index contributed by atoms with van der Waals surface area (Å²) in [6.07, 6.45) is 6.92. The van der Waals surface area contributed by atoms with Gasteiger partial charge in [-0.25, -0.2) is 15.0 Å². The summed E-state index contributed by atoms with van der Waals surface area (Å²) in [4.78, 5) is 108. The predicted octanol–water partition coefficient (Wildman–Crippen LogP) is 6.06. The highest BCUT2D eigenvalue weighted by Crippen LogP contribution is 2.33. The largest absolute Gasteiger partial charge is 0.379 e. The van der Waals surface area contributed by atoms with Crippen molar-refractivity contribution in [1.29, 1.82) is 0 Å². The molecule has 3 aliphatic heterocycles. The number of anilines is 5. The number of nitrogens with one attached hydrogen (secondary N) is 4. The number of amides is 7. The van der Waals surface area contributed by atoms with E-state index in [0.717, 1.165) is 48.4 Å². The van der Waals surface area contributed by atoms with Crippen molar-refractivity contribution in [3.8, 4) is 0 Å². The molecule has 2 saturated heterocycles. The molecule has 4 N–H and O–H groups in total. The van der Waals surface area contributed by atoms with Gasteiger partial charge >= 0.3 is 0 Å². The van der Waals surface area contributed by atoms with Crippen LogP contribution in [0.1, 0.15) is 106 Å². The van der Waals surface area contributed by atoms with E-state index in [9.17, 15) is 33.6 Å². The summed E-state index contributed by atoms with van der Waals surface area (Å²) in [6.45, 7) is 9.10. The molecule has 3 aliphatic rings. The minimum absolute atomic E-state index is 0.0213. The standard InChI is InChI=1S/C49H59ClN10O10S/c1-31-11-9-13-34(50)44(31)57-46(65)37-30-51-49(71-37)55-38-29-39(53-32(2)52-38)58-19-21-59(22-20-58)42(63)16-6-4-8-24-69-26-28-70-27-25-68-23-7-3-5-15-40(61)54-35-14-10-12-33-43(35)48(67)60(47(33)66)36-17-18-41(62)56-45(36)64/h9-14,29-30,36H,3-8,15-28H2,1-2H3,(H,54,61)(H,57,65)(H,56,62,64)(H,51,52,53,55). The number of piperazine rings is 1. The van der Waals surface area contributed by atoms with Crippen LogP contribution in [0.5, 0.6) is 0 Å². The summed E-state index contributed by atoms with van der Waals surface area (Å²) in [5, 5.41) is 12.0. The smallest absolute Gasteiger partial charge is 0.267 e. The van der Waals surface area contributed by atoms with Gasteiger partial charge in [0.15, 0.2) is 5.13 Å². The summed E-state index contributed by atoms with van der Waals surface area (Å²) in [5.41, 5.74) is 1.79. The van der Waals surface area contributed by atoms with E-state index in [2.05, 4.69) is 41.1 Å². The van der Waals surface area contributed by atoms with Crippen LogP contribution >= 0.6 is 22.9 Å². The lowest BCUT2D eigenvalue weighted by molar-refractivity contribution is -0.136. The molecule has 0 spiro atoms. The summed E-state index contributed by atoms with van der Waals surface area (Å²) >= 11 is 7.49. The second kappa shape index (κ2) is 25.6. The monoisotopic (exact) mass is 1010 g/mol. The van der Waals surface area contributed by atoms with Crippen molar-refractivity contribution in [2.75, 3.05) is 86.7 Å². The van der Waals surface area contributed by atoms with Crippen LogP contribution in [0, 0.1) is 13.8 Å². The number of hydrogen-bond acceptors (Lipinski definition) is 16. The van der Waals surface area contributed by atoms with Crippen LogP contribution in [0.2, 0.25) is 5.02 Å². The lowest BCUT2D eigenvalue weighted by atomic mass is 10.0. The van der Waals surface area contributed by atoms with Crippen molar-refractivity contribution < 1.29 is 47.8 Å². The molecule has 22 heteroatoms. The van der Waals surface area contributed by atoms with E-state index < -0.39 is 29.7 Å². The molecule has 1 atom stereocenters. The fourth-order valence-electron chi connectivity index (χ4n) is 8.33. The third kappa shape index (κ3) is 14.4. The third-order valence-corrected chi connectivity index (χ3v) is 13.3. The van der Waals surface area contributed by atoms with Gasteiger partial charge in [0.25, 0.3) is 17.7 Å². The average Bonchev–Trinajstić information content (AvgIpc) is 3.92. The van der Waals surface area contributed by atoms with Crippen LogP contribution < -0.4 is 26.2 Å². The molecule has 2 aromatic heterocycles. The Morgan fingerprint density at radius 3 is 2.20 bits per heavy atom. The molecule has 5 heterocycles. The molecule has 4 aromatic rings. The first kappa shape index (κ1) is 52.4. The normalized spacial score (nSPS) is 15.8. The van der Waals surface area contributed by atoms with Crippen LogP contribution in [0.15, 0.2) is 48.7 Å². The molecule has 20 nitrogen and oxygen atoms in total. The maximum absolute atomic E-state index is 13.3. The molecule has 0 radical (unpaired) electrons. The summed E-state index contributed by atoms with van der Waals surface area (Å²) in [6, 6.07) is 10.8. The number of benzene rings is 2. The number of carbonyl (C=O) groups excluding carboxylic acids is 7. The number of halogens is 1. The predicted molar refractivity (Wildman–Crippen MR) is 266 cm³/mol. The van der Waals surface area contributed by atoms with Gasteiger partial charge in [0.05, 0.1) is 60.1 Å². The fourth-order valence-corrected chi connectivity index (χ4v) is 9.32. The van der Waals surface area contributed by atoms with Crippen LogP contribution in [0.25, 0.3) is 0 Å². The first-order valence-electron chi connectivity index (χ1n) is 23.9. The molecule has 71 heavy (non-hydrogen) atoms. The Kier molecular flexibility index (Phi) is 18.9. The number of nitrogens with zero attached hydrogens (tertiary/aromatic N) is 6. The second-order valence-electron chi connectivity index (χ2n) is 17.2. The number of aryl methyl sites for hydroxylation is 2. The van der Waals surface area contributed by atoms with Crippen LogP contribution in [0.4, 0.5) is 28.1 Å². The molecule has 1 unspecified atom stereocenters. The number of hydrogen-bond donors (Lipinski definition) is 4. The van der Waals surface area contributed by atoms with Crippen molar-refractivity contribution >= 4 is 92.4 Å². The molecular weight excluding hydrogens is 956 g/mol. The van der Waals surface area contributed by atoms with Crippen LogP contribution in [-0.4, -0.2) is 138 Å². The maximum atomic E-state index is 13.3. The zero-order valence-corrected chi connectivity index (χ0v) is 41.5. The number of imide groups is 2. The number of unbranched alkanes of at least 4 members (excludes halogenated alkanes) is 4. The van der Waals surface area contributed by atoms with Gasteiger partial charge in [-0.3, -0.25) is 43.8 Å². The lowest BCUT2D eigenvalue weighted by Crippen LogP contribution is -2.54. The van der Waals surface area contributed by atoms with E-state index in [1.807, 2.05) is 36.9 Å². The van der Waals surface area contributed by atoms with Gasteiger partial charge in [-0.05, 0) is 69.7 Å². The van der Waals surface area contributed by atoms with E-state index in [4.69, 9.17) is 25.8 Å². The number of carbonyl (C=O) groups is 7. The summed E-state index contributed by atoms with van der Waals surface area (Å²) in [5.74, 6) is -1.01. The number of thiazole rings is 1. The molecule has 7 amide bonds. The van der Waals surface area contributed by atoms with Crippen molar-refractivity contribution in [3.63, 3.8) is 0 Å². The molecule has 2 aromatic carbocycles. The Morgan fingerprint density at radius 2 is 1.49 bits per heavy atom. The van der Waals surface area contributed by atoms with Crippen LogP contribution in [0.3, 0.4) is 0 Å². The van der Waals surface area contributed by atoms with Crippen molar-refractivity contribution in [2.24, 2.45) is 0 Å². The number of fused-ring (bicyclic) bond motifs is 1. The second-order valence-corrected chi connectivity index (χ2v) is 18.7. The Balaban J connectivity index is 0.670. The maximum Gasteiger partial charge on any atom is 0.267 e. The van der Waals surface area contributed by atoms with Gasteiger partial charge in [-0.15, -0.1) is 0 Å². The highest BCUT2D eigenvalue weighted by Gasteiger charge is 2.45. The van der Waals surface area contributed by atoms with Gasteiger partial charge < -0.3 is 40.0 Å². The van der Waals surface area contributed by atoms with E-state index in [0.29, 0.717) is 111 Å². The lowest BCUT2D eigenvalue weighted by Gasteiger charge is -2.35.